The third-order valence-corrected chi connectivity index (χ3v) is 3.36. The van der Waals surface area contributed by atoms with E-state index in [2.05, 4.69) is 4.74 Å². The molecule has 0 aliphatic heterocycles. The molecular formula is C11H18O7S. The first kappa shape index (κ1) is 17.6. The van der Waals surface area contributed by atoms with Crippen LogP contribution < -0.4 is 0 Å². The lowest BCUT2D eigenvalue weighted by Gasteiger charge is -2.14. The van der Waals surface area contributed by atoms with E-state index in [-0.39, 0.29) is 18.4 Å². The summed E-state index contributed by atoms with van der Waals surface area (Å²) in [6.45, 7) is 3.27. The van der Waals surface area contributed by atoms with Gasteiger partial charge in [-0.25, -0.2) is 9.59 Å². The second-order valence-electron chi connectivity index (χ2n) is 3.87. The highest BCUT2D eigenvalue weighted by molar-refractivity contribution is 7.86. The molecule has 0 saturated carbocycles. The molecule has 0 aromatic carbocycles. The van der Waals surface area contributed by atoms with Crippen molar-refractivity contribution in [3.05, 3.63) is 11.6 Å². The monoisotopic (exact) mass is 294 g/mol. The van der Waals surface area contributed by atoms with Gasteiger partial charge in [-0.3, -0.25) is 4.55 Å². The zero-order chi connectivity index (χ0) is 15.1. The molecule has 8 heteroatoms. The molecule has 19 heavy (non-hydrogen) atoms. The predicted octanol–water partition coefficient (Wildman–Crippen LogP) is 1.35. The van der Waals surface area contributed by atoms with E-state index in [1.165, 1.54) is 6.92 Å². The van der Waals surface area contributed by atoms with E-state index in [9.17, 15) is 18.0 Å². The Kier molecular flexibility index (Phi) is 7.32. The third kappa shape index (κ3) is 6.92. The highest BCUT2D eigenvalue weighted by Gasteiger charge is 2.26. The molecule has 0 bridgehead atoms. The maximum absolute atomic E-state index is 11.7. The molecule has 1 unspecified atom stereocenters. The normalized spacial score (nSPS) is 13.9. The van der Waals surface area contributed by atoms with Crippen molar-refractivity contribution in [3.8, 4) is 0 Å². The SMILES string of the molecule is CCCCC(=CC(=O)O)C(=O)OC(CC)S(=O)(=O)O. The number of hydrogen-bond acceptors (Lipinski definition) is 5. The maximum atomic E-state index is 11.7. The fourth-order valence-electron chi connectivity index (χ4n) is 1.30. The van der Waals surface area contributed by atoms with Gasteiger partial charge in [-0.2, -0.15) is 8.42 Å². The fourth-order valence-corrected chi connectivity index (χ4v) is 1.93. The van der Waals surface area contributed by atoms with Crippen molar-refractivity contribution in [1.29, 1.82) is 0 Å². The molecule has 0 aromatic rings. The highest BCUT2D eigenvalue weighted by Crippen LogP contribution is 2.14. The number of aliphatic carboxylic acids is 1. The molecule has 2 N–H and O–H groups in total. The first-order chi connectivity index (χ1) is 8.72. The summed E-state index contributed by atoms with van der Waals surface area (Å²) in [5.41, 5.74) is -1.81. The number of carboxylic acid groups (broad SMARTS) is 1. The molecule has 110 valence electrons. The molecule has 0 spiro atoms. The van der Waals surface area contributed by atoms with Crippen molar-refractivity contribution in [2.24, 2.45) is 0 Å². The molecule has 0 fully saturated rings. The molecule has 0 amide bonds. The smallest absolute Gasteiger partial charge is 0.335 e. The van der Waals surface area contributed by atoms with Gasteiger partial charge >= 0.3 is 22.1 Å². The molecule has 0 radical (unpaired) electrons. The van der Waals surface area contributed by atoms with Gasteiger partial charge in [0, 0.05) is 11.6 Å². The molecule has 0 aliphatic rings. The zero-order valence-electron chi connectivity index (χ0n) is 10.8. The number of ether oxygens (including phenoxy) is 1. The lowest BCUT2D eigenvalue weighted by molar-refractivity contribution is -0.142. The average Bonchev–Trinajstić information content (AvgIpc) is 2.29. The molecule has 0 aliphatic carbocycles. The van der Waals surface area contributed by atoms with Crippen molar-refractivity contribution >= 4 is 22.1 Å². The lowest BCUT2D eigenvalue weighted by atomic mass is 10.1. The molecular weight excluding hydrogens is 276 g/mol. The van der Waals surface area contributed by atoms with Crippen LogP contribution in [-0.2, 0) is 24.4 Å². The van der Waals surface area contributed by atoms with Crippen LogP contribution in [0, 0.1) is 0 Å². The summed E-state index contributed by atoms with van der Waals surface area (Å²) in [7, 11) is -4.51. The second-order valence-corrected chi connectivity index (χ2v) is 5.43. The van der Waals surface area contributed by atoms with Gasteiger partial charge in [-0.1, -0.05) is 20.3 Å². The topological polar surface area (TPSA) is 118 Å². The van der Waals surface area contributed by atoms with Gasteiger partial charge in [-0.05, 0) is 19.3 Å². The average molecular weight is 294 g/mol. The minimum atomic E-state index is -4.51. The van der Waals surface area contributed by atoms with E-state index < -0.39 is 27.5 Å². The summed E-state index contributed by atoms with van der Waals surface area (Å²) in [4.78, 5) is 22.2. The first-order valence-electron chi connectivity index (χ1n) is 5.83. The van der Waals surface area contributed by atoms with Gasteiger partial charge in [0.15, 0.2) is 0 Å². The number of unbranched alkanes of at least 4 members (excludes halogenated alkanes) is 1. The van der Waals surface area contributed by atoms with E-state index >= 15 is 0 Å². The van der Waals surface area contributed by atoms with Crippen molar-refractivity contribution in [1.82, 2.24) is 0 Å². The van der Waals surface area contributed by atoms with Gasteiger partial charge < -0.3 is 9.84 Å². The Balaban J connectivity index is 4.96. The first-order valence-corrected chi connectivity index (χ1v) is 7.33. The zero-order valence-corrected chi connectivity index (χ0v) is 11.6. The minimum Gasteiger partial charge on any atom is -0.478 e. The summed E-state index contributed by atoms with van der Waals surface area (Å²) < 4.78 is 35.2. The van der Waals surface area contributed by atoms with Crippen LogP contribution in [0.4, 0.5) is 0 Å². The number of carboxylic acids is 1. The van der Waals surface area contributed by atoms with Crippen LogP contribution in [0.15, 0.2) is 11.6 Å². The quantitative estimate of drug-likeness (QED) is 0.394. The summed E-state index contributed by atoms with van der Waals surface area (Å²) in [5.74, 6) is -2.36. The highest BCUT2D eigenvalue weighted by atomic mass is 32.2. The van der Waals surface area contributed by atoms with E-state index in [1.54, 1.807) is 0 Å². The van der Waals surface area contributed by atoms with Crippen LogP contribution >= 0.6 is 0 Å². The number of carbonyl (C=O) groups is 2. The van der Waals surface area contributed by atoms with Crippen LogP contribution in [-0.4, -0.2) is 35.5 Å². The van der Waals surface area contributed by atoms with Crippen molar-refractivity contribution in [2.45, 2.75) is 45.0 Å². The summed E-state index contributed by atoms with van der Waals surface area (Å²) in [5, 5.41) is 8.63. The molecule has 1 atom stereocenters. The van der Waals surface area contributed by atoms with Crippen LogP contribution in [0.5, 0.6) is 0 Å². The Hall–Kier alpha value is -1.41. The number of carbonyl (C=O) groups excluding carboxylic acids is 1. The Morgan fingerprint density at radius 1 is 1.32 bits per heavy atom. The predicted molar refractivity (Wildman–Crippen MR) is 67.0 cm³/mol. The fraction of sp³-hybridized carbons (Fsp3) is 0.636. The molecule has 0 rings (SSSR count). The maximum Gasteiger partial charge on any atom is 0.335 e. The van der Waals surface area contributed by atoms with Gasteiger partial charge in [0.25, 0.3) is 0 Å². The Bertz CT molecular complexity index is 450. The summed E-state index contributed by atoms with van der Waals surface area (Å²) in [6.07, 6.45) is 2.04. The van der Waals surface area contributed by atoms with Gasteiger partial charge in [-0.15, -0.1) is 0 Å². The van der Waals surface area contributed by atoms with E-state index in [0.717, 1.165) is 6.42 Å². The van der Waals surface area contributed by atoms with E-state index in [4.69, 9.17) is 9.66 Å². The van der Waals surface area contributed by atoms with Crippen LogP contribution in [0.3, 0.4) is 0 Å². The number of esters is 1. The standard InChI is InChI=1S/C11H18O7S/c1-3-5-6-8(7-9(12)13)11(14)18-10(4-2)19(15,16)17/h7,10H,3-6H2,1-2H3,(H,12,13)(H,15,16,17). The third-order valence-electron chi connectivity index (χ3n) is 2.26. The largest absolute Gasteiger partial charge is 0.478 e. The van der Waals surface area contributed by atoms with E-state index in [1.807, 2.05) is 6.92 Å². The Labute approximate surface area is 112 Å². The van der Waals surface area contributed by atoms with Crippen molar-refractivity contribution < 1.29 is 32.4 Å². The molecule has 0 saturated heterocycles. The second kappa shape index (κ2) is 7.90. The minimum absolute atomic E-state index is 0.126. The Morgan fingerprint density at radius 3 is 2.26 bits per heavy atom. The van der Waals surface area contributed by atoms with Crippen LogP contribution in [0.1, 0.15) is 39.5 Å². The van der Waals surface area contributed by atoms with Gasteiger partial charge in [0.2, 0.25) is 5.44 Å². The molecule has 0 heterocycles. The molecule has 0 aromatic heterocycles. The molecule has 7 nitrogen and oxygen atoms in total. The van der Waals surface area contributed by atoms with Gasteiger partial charge in [0.1, 0.15) is 0 Å². The van der Waals surface area contributed by atoms with Crippen LogP contribution in [0.25, 0.3) is 0 Å². The van der Waals surface area contributed by atoms with Crippen molar-refractivity contribution in [3.63, 3.8) is 0 Å². The van der Waals surface area contributed by atoms with Crippen LogP contribution in [0.2, 0.25) is 0 Å². The number of hydrogen-bond donors (Lipinski definition) is 2. The Morgan fingerprint density at radius 2 is 1.89 bits per heavy atom. The lowest BCUT2D eigenvalue weighted by Crippen LogP contribution is -2.27. The number of rotatable bonds is 8. The van der Waals surface area contributed by atoms with Crippen molar-refractivity contribution in [2.75, 3.05) is 0 Å². The summed E-state index contributed by atoms with van der Waals surface area (Å²) >= 11 is 0. The van der Waals surface area contributed by atoms with E-state index in [0.29, 0.717) is 12.5 Å². The van der Waals surface area contributed by atoms with Gasteiger partial charge in [0.05, 0.1) is 0 Å². The summed E-state index contributed by atoms with van der Waals surface area (Å²) in [6, 6.07) is 0.